The summed E-state index contributed by atoms with van der Waals surface area (Å²) in [6.07, 6.45) is 3.93. The minimum absolute atomic E-state index is 0.238. The largest absolute Gasteiger partial charge is 0.493 e. The number of imidazole rings is 1. The number of benzene rings is 2. The van der Waals surface area contributed by atoms with E-state index in [0.717, 1.165) is 17.6 Å². The van der Waals surface area contributed by atoms with Gasteiger partial charge in [0.05, 0.1) is 49.8 Å². The van der Waals surface area contributed by atoms with Gasteiger partial charge in [0, 0.05) is 11.8 Å². The molecule has 2 aromatic carbocycles. The second-order valence-corrected chi connectivity index (χ2v) is 10.2. The van der Waals surface area contributed by atoms with E-state index in [1.807, 2.05) is 31.2 Å². The van der Waals surface area contributed by atoms with E-state index < -0.39 is 15.9 Å². The number of nitrogens with zero attached hydrogens (tertiary/aromatic N) is 1. The summed E-state index contributed by atoms with van der Waals surface area (Å²) < 4.78 is 42.8. The number of ether oxygens (including phenoxy) is 3. The minimum Gasteiger partial charge on any atom is -0.493 e. The number of aromatic nitrogens is 2. The number of aromatic amines is 1. The van der Waals surface area contributed by atoms with E-state index in [2.05, 4.69) is 4.98 Å². The van der Waals surface area contributed by atoms with Crippen molar-refractivity contribution in [3.8, 4) is 11.5 Å². The molecule has 0 bridgehead atoms. The molecule has 0 fully saturated rings. The molecule has 33 heavy (non-hydrogen) atoms. The molecule has 0 spiro atoms. The topological polar surface area (TPSA) is 99.6 Å². The highest BCUT2D eigenvalue weighted by Crippen LogP contribution is 2.34. The smallest absolute Gasteiger partial charge is 0.327 e. The number of rotatable bonds is 8. The normalized spacial score (nSPS) is 15.3. The van der Waals surface area contributed by atoms with Crippen LogP contribution in [0, 0.1) is 0 Å². The van der Waals surface area contributed by atoms with Gasteiger partial charge in [-0.1, -0.05) is 24.3 Å². The fourth-order valence-corrected chi connectivity index (χ4v) is 5.19. The van der Waals surface area contributed by atoms with Crippen molar-refractivity contribution in [1.82, 2.24) is 9.55 Å². The predicted molar refractivity (Wildman–Crippen MR) is 128 cm³/mol. The fourth-order valence-electron chi connectivity index (χ4n) is 4.27. The molecule has 3 aromatic rings. The number of methoxy groups -OCH3 is 1. The standard InChI is InChI=1S/C24H28N2O6S/c1-4-32-22-14-17(8-9-21(22)30-2)20(15-33(3,28)29)26-19-7-5-6-18(23(19)25-24(26)27)16-10-12-31-13-11-16/h5-10,14,20H,4,11-13,15H2,1-3H3,(H,25,27)/t20-/m1/s1. The van der Waals surface area contributed by atoms with Crippen LogP contribution in [0.2, 0.25) is 0 Å². The lowest BCUT2D eigenvalue weighted by atomic mass is 10.00. The van der Waals surface area contributed by atoms with Crippen LogP contribution in [-0.2, 0) is 14.6 Å². The van der Waals surface area contributed by atoms with Crippen LogP contribution in [0.15, 0.2) is 47.3 Å². The van der Waals surface area contributed by atoms with Crippen molar-refractivity contribution in [3.05, 3.63) is 64.1 Å². The van der Waals surface area contributed by atoms with E-state index in [-0.39, 0.29) is 11.4 Å². The van der Waals surface area contributed by atoms with Crippen LogP contribution in [0.25, 0.3) is 16.6 Å². The van der Waals surface area contributed by atoms with Gasteiger partial charge in [-0.2, -0.15) is 0 Å². The molecule has 1 atom stereocenters. The first kappa shape index (κ1) is 23.1. The van der Waals surface area contributed by atoms with Gasteiger partial charge in [0.2, 0.25) is 0 Å². The van der Waals surface area contributed by atoms with Gasteiger partial charge >= 0.3 is 5.69 Å². The Morgan fingerprint density at radius 1 is 1.21 bits per heavy atom. The number of sulfone groups is 1. The zero-order valence-electron chi connectivity index (χ0n) is 19.0. The summed E-state index contributed by atoms with van der Waals surface area (Å²) >= 11 is 0. The van der Waals surface area contributed by atoms with Crippen molar-refractivity contribution < 1.29 is 22.6 Å². The molecule has 0 unspecified atom stereocenters. The number of hydrogen-bond donors (Lipinski definition) is 1. The van der Waals surface area contributed by atoms with Gasteiger partial charge in [-0.25, -0.2) is 13.2 Å². The van der Waals surface area contributed by atoms with Gasteiger partial charge in [0.15, 0.2) is 11.5 Å². The molecule has 0 radical (unpaired) electrons. The van der Waals surface area contributed by atoms with Crippen molar-refractivity contribution in [2.75, 3.05) is 38.9 Å². The molecule has 4 rings (SSSR count). The SMILES string of the molecule is CCOc1cc([C@@H](CS(C)(=O)=O)n2c(=O)[nH]c3c(C4=CCOCC4)cccc32)ccc1OC. The molecule has 9 heteroatoms. The number of hydrogen-bond acceptors (Lipinski definition) is 6. The van der Waals surface area contributed by atoms with E-state index in [9.17, 15) is 13.2 Å². The maximum absolute atomic E-state index is 13.2. The molecule has 176 valence electrons. The highest BCUT2D eigenvalue weighted by atomic mass is 32.2. The predicted octanol–water partition coefficient (Wildman–Crippen LogP) is 3.17. The lowest BCUT2D eigenvalue weighted by Crippen LogP contribution is -2.28. The second-order valence-electron chi connectivity index (χ2n) is 8.01. The molecular formula is C24H28N2O6S. The summed E-state index contributed by atoms with van der Waals surface area (Å²) in [6, 6.07) is 10.2. The Labute approximate surface area is 192 Å². The first-order chi connectivity index (χ1) is 15.8. The molecule has 1 aliphatic rings. The van der Waals surface area contributed by atoms with Crippen LogP contribution >= 0.6 is 0 Å². The summed E-state index contributed by atoms with van der Waals surface area (Å²) in [7, 11) is -1.88. The van der Waals surface area contributed by atoms with E-state index >= 15 is 0 Å². The van der Waals surface area contributed by atoms with Crippen LogP contribution in [0.4, 0.5) is 0 Å². The molecule has 8 nitrogen and oxygen atoms in total. The van der Waals surface area contributed by atoms with E-state index in [0.29, 0.717) is 47.9 Å². The third-order valence-electron chi connectivity index (χ3n) is 5.71. The van der Waals surface area contributed by atoms with Gasteiger partial charge < -0.3 is 19.2 Å². The Balaban J connectivity index is 1.91. The first-order valence-corrected chi connectivity index (χ1v) is 12.9. The molecule has 0 aliphatic carbocycles. The van der Waals surface area contributed by atoms with Crippen LogP contribution < -0.4 is 15.2 Å². The van der Waals surface area contributed by atoms with Crippen molar-refractivity contribution >= 4 is 26.4 Å². The molecule has 2 heterocycles. The lowest BCUT2D eigenvalue weighted by molar-refractivity contribution is 0.161. The third kappa shape index (κ3) is 4.84. The van der Waals surface area contributed by atoms with Crippen LogP contribution in [-0.4, -0.2) is 56.9 Å². The highest BCUT2D eigenvalue weighted by molar-refractivity contribution is 7.90. The number of nitrogens with one attached hydrogen (secondary N) is 1. The second kappa shape index (κ2) is 9.44. The molecule has 1 aromatic heterocycles. The van der Waals surface area contributed by atoms with Crippen molar-refractivity contribution in [1.29, 1.82) is 0 Å². The summed E-state index contributed by atoms with van der Waals surface area (Å²) in [4.78, 5) is 16.2. The molecular weight excluding hydrogens is 444 g/mol. The van der Waals surface area contributed by atoms with E-state index in [1.165, 1.54) is 10.8 Å². The first-order valence-electron chi connectivity index (χ1n) is 10.8. The van der Waals surface area contributed by atoms with Gasteiger partial charge in [0.1, 0.15) is 9.84 Å². The van der Waals surface area contributed by atoms with Crippen molar-refractivity contribution in [2.45, 2.75) is 19.4 Å². The summed E-state index contributed by atoms with van der Waals surface area (Å²) in [5.74, 6) is 0.800. The van der Waals surface area contributed by atoms with Crippen molar-refractivity contribution in [3.63, 3.8) is 0 Å². The molecule has 0 amide bonds. The maximum atomic E-state index is 13.2. The van der Waals surface area contributed by atoms with E-state index in [1.54, 1.807) is 25.3 Å². The number of fused-ring (bicyclic) bond motifs is 1. The Kier molecular flexibility index (Phi) is 6.62. The molecule has 1 N–H and O–H groups in total. The van der Waals surface area contributed by atoms with Gasteiger partial charge in [-0.05, 0) is 42.7 Å². The quantitative estimate of drug-likeness (QED) is 0.541. The van der Waals surface area contributed by atoms with Crippen LogP contribution in [0.1, 0.15) is 30.5 Å². The van der Waals surface area contributed by atoms with Crippen LogP contribution in [0.5, 0.6) is 11.5 Å². The number of para-hydroxylation sites is 1. The summed E-state index contributed by atoms with van der Waals surface area (Å²) in [6.45, 7) is 3.43. The van der Waals surface area contributed by atoms with E-state index in [4.69, 9.17) is 14.2 Å². The van der Waals surface area contributed by atoms with Crippen LogP contribution in [0.3, 0.4) is 0 Å². The monoisotopic (exact) mass is 472 g/mol. The lowest BCUT2D eigenvalue weighted by Gasteiger charge is -2.21. The highest BCUT2D eigenvalue weighted by Gasteiger charge is 2.26. The Bertz CT molecular complexity index is 1350. The third-order valence-corrected chi connectivity index (χ3v) is 6.63. The van der Waals surface area contributed by atoms with Gasteiger partial charge in [0.25, 0.3) is 0 Å². The zero-order chi connectivity index (χ0) is 23.6. The number of H-pyrrole nitrogens is 1. The van der Waals surface area contributed by atoms with Crippen molar-refractivity contribution in [2.24, 2.45) is 0 Å². The zero-order valence-corrected chi connectivity index (χ0v) is 19.8. The maximum Gasteiger partial charge on any atom is 0.327 e. The average molecular weight is 473 g/mol. The Morgan fingerprint density at radius 2 is 2.03 bits per heavy atom. The fraction of sp³-hybridized carbons (Fsp3) is 0.375. The molecule has 0 saturated heterocycles. The van der Waals surface area contributed by atoms with Gasteiger partial charge in [-0.3, -0.25) is 4.57 Å². The Morgan fingerprint density at radius 3 is 2.70 bits per heavy atom. The van der Waals surface area contributed by atoms with Gasteiger partial charge in [-0.15, -0.1) is 0 Å². The minimum atomic E-state index is -3.43. The molecule has 0 saturated carbocycles. The molecule has 1 aliphatic heterocycles. The Hall–Kier alpha value is -3.04. The average Bonchev–Trinajstić information content (AvgIpc) is 3.13. The summed E-state index contributed by atoms with van der Waals surface area (Å²) in [5, 5.41) is 0. The summed E-state index contributed by atoms with van der Waals surface area (Å²) in [5.41, 5.74) is 3.63.